The monoisotopic (exact) mass is 266 g/mol. The number of pyridine rings is 1. The molecule has 1 aromatic heterocycles. The Morgan fingerprint density at radius 2 is 2.00 bits per heavy atom. The molecule has 0 radical (unpaired) electrons. The minimum Gasteiger partial charge on any atom is -0.504 e. The Hall–Kier alpha value is -0.900. The van der Waals surface area contributed by atoms with Gasteiger partial charge in [0.1, 0.15) is 5.52 Å². The van der Waals surface area contributed by atoms with Gasteiger partial charge in [0.05, 0.1) is 5.02 Å². The van der Waals surface area contributed by atoms with Crippen molar-refractivity contribution in [3.8, 4) is 5.75 Å². The SMILES string of the molecule is Cl.Cl.Nc1cc(Cl)c(O)c2ncccc12. The van der Waals surface area contributed by atoms with E-state index in [1.54, 1.807) is 18.3 Å². The lowest BCUT2D eigenvalue weighted by atomic mass is 10.2. The number of anilines is 1. The molecule has 0 amide bonds. The second-order valence-corrected chi connectivity index (χ2v) is 3.10. The molecule has 0 aliphatic heterocycles. The van der Waals surface area contributed by atoms with E-state index in [1.807, 2.05) is 0 Å². The van der Waals surface area contributed by atoms with Crippen LogP contribution in [0.5, 0.6) is 5.75 Å². The Labute approximate surface area is 104 Å². The third-order valence-corrected chi connectivity index (χ3v) is 2.14. The Kier molecular flexibility index (Phi) is 4.94. The Bertz CT molecular complexity index is 476. The highest BCUT2D eigenvalue weighted by Crippen LogP contribution is 2.34. The number of aromatic nitrogens is 1. The molecule has 0 spiro atoms. The summed E-state index contributed by atoms with van der Waals surface area (Å²) in [5.41, 5.74) is 6.65. The smallest absolute Gasteiger partial charge is 0.160 e. The summed E-state index contributed by atoms with van der Waals surface area (Å²) in [6.45, 7) is 0. The van der Waals surface area contributed by atoms with Crippen molar-refractivity contribution in [2.45, 2.75) is 0 Å². The molecular weight excluding hydrogens is 258 g/mol. The molecule has 0 bridgehead atoms. The Morgan fingerprint density at radius 1 is 1.33 bits per heavy atom. The number of hydrogen-bond donors (Lipinski definition) is 2. The van der Waals surface area contributed by atoms with Gasteiger partial charge >= 0.3 is 0 Å². The van der Waals surface area contributed by atoms with E-state index in [4.69, 9.17) is 17.3 Å². The highest BCUT2D eigenvalue weighted by atomic mass is 35.5. The number of benzene rings is 1. The van der Waals surface area contributed by atoms with Crippen molar-refractivity contribution >= 4 is 53.0 Å². The van der Waals surface area contributed by atoms with Crippen molar-refractivity contribution in [3.05, 3.63) is 29.4 Å². The van der Waals surface area contributed by atoms with Crippen LogP contribution in [0, 0.1) is 0 Å². The van der Waals surface area contributed by atoms with Crippen molar-refractivity contribution in [2.24, 2.45) is 0 Å². The minimum atomic E-state index is -0.0218. The lowest BCUT2D eigenvalue weighted by Gasteiger charge is -2.04. The van der Waals surface area contributed by atoms with Crippen LogP contribution in [-0.2, 0) is 0 Å². The molecule has 15 heavy (non-hydrogen) atoms. The normalized spacial score (nSPS) is 9.13. The lowest BCUT2D eigenvalue weighted by Crippen LogP contribution is -1.89. The second kappa shape index (κ2) is 5.26. The topological polar surface area (TPSA) is 59.1 Å². The average Bonchev–Trinajstić information content (AvgIpc) is 2.15. The van der Waals surface area contributed by atoms with Crippen molar-refractivity contribution in [1.29, 1.82) is 0 Å². The molecule has 3 N–H and O–H groups in total. The molecule has 1 heterocycles. The predicted molar refractivity (Wildman–Crippen MR) is 67.3 cm³/mol. The second-order valence-electron chi connectivity index (χ2n) is 2.70. The number of rotatable bonds is 0. The van der Waals surface area contributed by atoms with Gasteiger partial charge in [0.2, 0.25) is 0 Å². The average molecular weight is 268 g/mol. The van der Waals surface area contributed by atoms with Gasteiger partial charge in [-0.2, -0.15) is 0 Å². The standard InChI is InChI=1S/C9H7ClN2O.2ClH/c10-6-4-7(11)5-2-1-3-12-8(5)9(6)13;;/h1-4,13H,11H2;2*1H. The first-order valence-electron chi connectivity index (χ1n) is 3.72. The van der Waals surface area contributed by atoms with E-state index in [1.165, 1.54) is 6.07 Å². The largest absolute Gasteiger partial charge is 0.504 e. The van der Waals surface area contributed by atoms with E-state index >= 15 is 0 Å². The van der Waals surface area contributed by atoms with Crippen LogP contribution >= 0.6 is 36.4 Å². The van der Waals surface area contributed by atoms with Crippen molar-refractivity contribution < 1.29 is 5.11 Å². The van der Waals surface area contributed by atoms with Gasteiger partial charge < -0.3 is 10.8 Å². The summed E-state index contributed by atoms with van der Waals surface area (Å²) in [5.74, 6) is -0.0218. The summed E-state index contributed by atoms with van der Waals surface area (Å²) in [7, 11) is 0. The highest BCUT2D eigenvalue weighted by Gasteiger charge is 2.07. The van der Waals surface area contributed by atoms with Gasteiger partial charge in [0.15, 0.2) is 5.75 Å². The Morgan fingerprint density at radius 3 is 2.67 bits per heavy atom. The molecule has 2 aromatic rings. The fraction of sp³-hybridized carbons (Fsp3) is 0. The third kappa shape index (κ3) is 2.37. The molecule has 0 atom stereocenters. The van der Waals surface area contributed by atoms with E-state index in [0.29, 0.717) is 16.6 Å². The fourth-order valence-electron chi connectivity index (χ4n) is 1.22. The molecule has 0 aliphatic rings. The molecule has 0 saturated heterocycles. The summed E-state index contributed by atoms with van der Waals surface area (Å²) in [4.78, 5) is 3.99. The van der Waals surface area contributed by atoms with Crippen LogP contribution in [0.15, 0.2) is 24.4 Å². The van der Waals surface area contributed by atoms with Gasteiger partial charge in [0.25, 0.3) is 0 Å². The number of halogens is 3. The molecule has 2 rings (SSSR count). The first-order valence-corrected chi connectivity index (χ1v) is 4.09. The molecule has 82 valence electrons. The van der Waals surface area contributed by atoms with Crippen LogP contribution in [-0.4, -0.2) is 10.1 Å². The zero-order chi connectivity index (χ0) is 9.42. The number of nitrogen functional groups attached to an aromatic ring is 1. The number of nitrogens with two attached hydrogens (primary N) is 1. The molecule has 0 fully saturated rings. The molecule has 0 saturated carbocycles. The van der Waals surface area contributed by atoms with E-state index in [9.17, 15) is 5.11 Å². The summed E-state index contributed by atoms with van der Waals surface area (Å²) >= 11 is 5.72. The number of fused-ring (bicyclic) bond motifs is 1. The predicted octanol–water partition coefficient (Wildman–Crippen LogP) is 3.02. The quantitative estimate of drug-likeness (QED) is 0.570. The zero-order valence-corrected chi connectivity index (χ0v) is 9.86. The van der Waals surface area contributed by atoms with Gasteiger partial charge in [-0.1, -0.05) is 11.6 Å². The summed E-state index contributed by atoms with van der Waals surface area (Å²) < 4.78 is 0. The summed E-state index contributed by atoms with van der Waals surface area (Å²) in [6.07, 6.45) is 1.58. The maximum absolute atomic E-state index is 9.53. The summed E-state index contributed by atoms with van der Waals surface area (Å²) in [5, 5.41) is 10.5. The van der Waals surface area contributed by atoms with E-state index in [-0.39, 0.29) is 35.6 Å². The number of hydrogen-bond acceptors (Lipinski definition) is 3. The first-order chi connectivity index (χ1) is 6.20. The molecule has 0 aliphatic carbocycles. The molecular formula is C9H9Cl3N2O. The van der Waals surface area contributed by atoms with Crippen molar-refractivity contribution in [1.82, 2.24) is 4.98 Å². The van der Waals surface area contributed by atoms with E-state index in [0.717, 1.165) is 0 Å². The fourth-order valence-corrected chi connectivity index (χ4v) is 1.43. The highest BCUT2D eigenvalue weighted by molar-refractivity contribution is 6.33. The third-order valence-electron chi connectivity index (χ3n) is 1.85. The van der Waals surface area contributed by atoms with Gasteiger partial charge in [-0.25, -0.2) is 0 Å². The maximum atomic E-state index is 9.53. The number of phenols is 1. The van der Waals surface area contributed by atoms with Crippen LogP contribution in [0.2, 0.25) is 5.02 Å². The van der Waals surface area contributed by atoms with E-state index < -0.39 is 0 Å². The maximum Gasteiger partial charge on any atom is 0.160 e. The molecule has 3 nitrogen and oxygen atoms in total. The van der Waals surface area contributed by atoms with E-state index in [2.05, 4.69) is 4.98 Å². The lowest BCUT2D eigenvalue weighted by molar-refractivity contribution is 0.480. The van der Waals surface area contributed by atoms with Gasteiger partial charge in [-0.15, -0.1) is 24.8 Å². The van der Waals surface area contributed by atoms with Crippen LogP contribution in [0.4, 0.5) is 5.69 Å². The molecule has 6 heteroatoms. The van der Waals surface area contributed by atoms with Crippen molar-refractivity contribution in [3.63, 3.8) is 0 Å². The van der Waals surface area contributed by atoms with Gasteiger partial charge in [0, 0.05) is 17.3 Å². The number of aromatic hydroxyl groups is 1. The van der Waals surface area contributed by atoms with Gasteiger partial charge in [-0.3, -0.25) is 4.98 Å². The van der Waals surface area contributed by atoms with Gasteiger partial charge in [-0.05, 0) is 18.2 Å². The Balaban J connectivity index is 0.000000980. The minimum absolute atomic E-state index is 0. The van der Waals surface area contributed by atoms with Crippen LogP contribution in [0.1, 0.15) is 0 Å². The van der Waals surface area contributed by atoms with Crippen molar-refractivity contribution in [2.75, 3.05) is 5.73 Å². The van der Waals surface area contributed by atoms with Crippen LogP contribution in [0.3, 0.4) is 0 Å². The number of phenolic OH excluding ortho intramolecular Hbond substituents is 1. The zero-order valence-electron chi connectivity index (χ0n) is 7.48. The van der Waals surface area contributed by atoms with Crippen LogP contribution in [0.25, 0.3) is 10.9 Å². The molecule has 1 aromatic carbocycles. The molecule has 0 unspecified atom stereocenters. The summed E-state index contributed by atoms with van der Waals surface area (Å²) in [6, 6.07) is 5.06. The van der Waals surface area contributed by atoms with Crippen LogP contribution < -0.4 is 5.73 Å². The first kappa shape index (κ1) is 14.1. The number of nitrogens with zero attached hydrogens (tertiary/aromatic N) is 1.